The molecule has 1 unspecified atom stereocenters. The van der Waals surface area contributed by atoms with E-state index in [1.807, 2.05) is 31.0 Å². The van der Waals surface area contributed by atoms with E-state index in [9.17, 15) is 18.0 Å². The first-order valence-corrected chi connectivity index (χ1v) is 8.29. The number of carboxylic acids is 1. The second-order valence-corrected chi connectivity index (χ2v) is 6.72. The summed E-state index contributed by atoms with van der Waals surface area (Å²) in [5.74, 6) is -1.42. The molecule has 2 aliphatic heterocycles. The number of piperidine rings is 1. The van der Waals surface area contributed by atoms with Crippen LogP contribution in [0.4, 0.5) is 19.0 Å². The first-order chi connectivity index (χ1) is 12.0. The molecule has 1 aromatic heterocycles. The molecule has 3 heterocycles. The number of anilines is 1. The lowest BCUT2D eigenvalue weighted by Gasteiger charge is -2.39. The average Bonchev–Trinajstić information content (AvgIpc) is 2.83. The van der Waals surface area contributed by atoms with Gasteiger partial charge >= 0.3 is 12.1 Å². The van der Waals surface area contributed by atoms with Crippen molar-refractivity contribution in [1.82, 2.24) is 9.88 Å². The van der Waals surface area contributed by atoms with Crippen molar-refractivity contribution < 1.29 is 27.9 Å². The van der Waals surface area contributed by atoms with Crippen molar-refractivity contribution in [3.05, 3.63) is 23.9 Å². The number of hydrogen-bond acceptors (Lipinski definition) is 4. The molecule has 1 atom stereocenters. The molecular weight excluding hydrogens is 351 g/mol. The number of alkyl halides is 3. The third kappa shape index (κ3) is 4.44. The number of amides is 1. The smallest absolute Gasteiger partial charge is 0.475 e. The van der Waals surface area contributed by atoms with Crippen LogP contribution in [-0.2, 0) is 9.59 Å². The van der Waals surface area contributed by atoms with Crippen LogP contribution in [0.25, 0.3) is 0 Å². The molecular formula is C17H22F3N3O3. The van der Waals surface area contributed by atoms with E-state index in [4.69, 9.17) is 9.90 Å². The third-order valence-electron chi connectivity index (χ3n) is 4.74. The Morgan fingerprint density at radius 2 is 1.92 bits per heavy atom. The maximum atomic E-state index is 12.4. The molecule has 3 rings (SSSR count). The van der Waals surface area contributed by atoms with Crippen LogP contribution in [-0.4, -0.2) is 59.7 Å². The second-order valence-electron chi connectivity index (χ2n) is 6.72. The van der Waals surface area contributed by atoms with Crippen molar-refractivity contribution in [3.63, 3.8) is 0 Å². The van der Waals surface area contributed by atoms with Crippen molar-refractivity contribution in [3.8, 4) is 0 Å². The van der Waals surface area contributed by atoms with Crippen LogP contribution in [0.1, 0.15) is 25.0 Å². The summed E-state index contributed by atoms with van der Waals surface area (Å²) in [5.41, 5.74) is 0.880. The molecule has 1 amide bonds. The zero-order chi connectivity index (χ0) is 19.5. The van der Waals surface area contributed by atoms with Gasteiger partial charge in [-0.25, -0.2) is 9.78 Å². The van der Waals surface area contributed by atoms with E-state index in [1.54, 1.807) is 0 Å². The monoisotopic (exact) mass is 373 g/mol. The summed E-state index contributed by atoms with van der Waals surface area (Å²) in [7, 11) is 1.92. The maximum Gasteiger partial charge on any atom is 0.490 e. The van der Waals surface area contributed by atoms with E-state index < -0.39 is 12.1 Å². The van der Waals surface area contributed by atoms with Crippen molar-refractivity contribution >= 4 is 17.7 Å². The maximum absolute atomic E-state index is 12.4. The molecule has 0 aromatic carbocycles. The van der Waals surface area contributed by atoms with E-state index in [-0.39, 0.29) is 5.41 Å². The van der Waals surface area contributed by atoms with Gasteiger partial charge in [-0.2, -0.15) is 13.2 Å². The topological polar surface area (TPSA) is 73.7 Å². The number of likely N-dealkylation sites (tertiary alicyclic amines) is 1. The molecule has 0 aliphatic carbocycles. The Kier molecular flexibility index (Phi) is 5.77. The highest BCUT2D eigenvalue weighted by molar-refractivity contribution is 5.85. The number of aliphatic carboxylic acids is 1. The van der Waals surface area contributed by atoms with Crippen LogP contribution in [0.5, 0.6) is 0 Å². The van der Waals surface area contributed by atoms with Gasteiger partial charge < -0.3 is 14.9 Å². The second kappa shape index (κ2) is 7.51. The van der Waals surface area contributed by atoms with Gasteiger partial charge in [0, 0.05) is 32.4 Å². The summed E-state index contributed by atoms with van der Waals surface area (Å²) in [5, 5.41) is 7.12. The predicted molar refractivity (Wildman–Crippen MR) is 88.8 cm³/mol. The minimum absolute atomic E-state index is 0.154. The number of hydrogen-bond donors (Lipinski definition) is 1. The van der Waals surface area contributed by atoms with Gasteiger partial charge in [-0.3, -0.25) is 4.79 Å². The molecule has 0 radical (unpaired) electrons. The molecule has 26 heavy (non-hydrogen) atoms. The lowest BCUT2D eigenvalue weighted by Crippen LogP contribution is -2.47. The first kappa shape index (κ1) is 20.0. The fourth-order valence-electron chi connectivity index (χ4n) is 3.41. The zero-order valence-electron chi connectivity index (χ0n) is 14.7. The lowest BCUT2D eigenvalue weighted by molar-refractivity contribution is -0.192. The Labute approximate surface area is 149 Å². The number of carbonyl (C=O) groups excluding carboxylic acids is 1. The number of rotatable bonds is 1. The molecule has 144 valence electrons. The van der Waals surface area contributed by atoms with E-state index in [1.165, 1.54) is 0 Å². The Morgan fingerprint density at radius 1 is 1.27 bits per heavy atom. The van der Waals surface area contributed by atoms with Gasteiger partial charge in [-0.05, 0) is 38.3 Å². The molecule has 1 spiro atoms. The minimum Gasteiger partial charge on any atom is -0.475 e. The van der Waals surface area contributed by atoms with Crippen molar-refractivity contribution in [2.24, 2.45) is 5.41 Å². The largest absolute Gasteiger partial charge is 0.490 e. The molecule has 0 saturated carbocycles. The standard InChI is InChI=1S/C15H21N3O.C2HF3O2/c1-12-5-3-6-13(16-12)18-9-4-7-15(11-18)8-10-17(2)14(15)19;3-2(4,5)1(6)7/h3,5-6H,4,7-11H2,1-2H3;(H,6,7). The molecule has 9 heteroatoms. The van der Waals surface area contributed by atoms with Gasteiger partial charge in [0.15, 0.2) is 0 Å². The molecule has 0 bridgehead atoms. The van der Waals surface area contributed by atoms with E-state index in [0.717, 1.165) is 50.4 Å². The van der Waals surface area contributed by atoms with Gasteiger partial charge in [0.2, 0.25) is 5.91 Å². The minimum atomic E-state index is -5.08. The van der Waals surface area contributed by atoms with Crippen molar-refractivity contribution in [2.45, 2.75) is 32.4 Å². The number of aryl methyl sites for hydroxylation is 1. The third-order valence-corrected chi connectivity index (χ3v) is 4.74. The number of aromatic nitrogens is 1. The van der Waals surface area contributed by atoms with Gasteiger partial charge in [-0.15, -0.1) is 0 Å². The van der Waals surface area contributed by atoms with Gasteiger partial charge in [0.1, 0.15) is 5.82 Å². The van der Waals surface area contributed by atoms with Gasteiger partial charge in [0.05, 0.1) is 5.41 Å². The van der Waals surface area contributed by atoms with Crippen LogP contribution in [0.15, 0.2) is 18.2 Å². The van der Waals surface area contributed by atoms with Crippen LogP contribution < -0.4 is 4.90 Å². The Bertz CT molecular complexity index is 677. The summed E-state index contributed by atoms with van der Waals surface area (Å²) >= 11 is 0. The van der Waals surface area contributed by atoms with Gasteiger partial charge in [0.25, 0.3) is 0 Å². The number of halogens is 3. The molecule has 2 saturated heterocycles. The highest BCUT2D eigenvalue weighted by Gasteiger charge is 2.47. The fraction of sp³-hybridized carbons (Fsp3) is 0.588. The summed E-state index contributed by atoms with van der Waals surface area (Å²) < 4.78 is 31.7. The lowest BCUT2D eigenvalue weighted by atomic mass is 9.78. The number of pyridine rings is 1. The SMILES string of the molecule is Cc1cccc(N2CCCC3(CCN(C)C3=O)C2)n1.O=C(O)C(F)(F)F. The number of nitrogens with zero attached hydrogens (tertiary/aromatic N) is 3. The van der Waals surface area contributed by atoms with Crippen LogP contribution in [0, 0.1) is 12.3 Å². The fourth-order valence-corrected chi connectivity index (χ4v) is 3.41. The Morgan fingerprint density at radius 3 is 2.42 bits per heavy atom. The van der Waals surface area contributed by atoms with Crippen LogP contribution in [0.3, 0.4) is 0 Å². The van der Waals surface area contributed by atoms with E-state index in [2.05, 4.69) is 16.0 Å². The van der Waals surface area contributed by atoms with Crippen LogP contribution in [0.2, 0.25) is 0 Å². The summed E-state index contributed by atoms with van der Waals surface area (Å²) in [6.45, 7) is 4.74. The highest BCUT2D eigenvalue weighted by Crippen LogP contribution is 2.40. The van der Waals surface area contributed by atoms with Crippen LogP contribution >= 0.6 is 0 Å². The molecule has 1 aromatic rings. The Balaban J connectivity index is 0.000000298. The summed E-state index contributed by atoms with van der Waals surface area (Å²) in [6.07, 6.45) is -1.99. The summed E-state index contributed by atoms with van der Waals surface area (Å²) in [4.78, 5) is 30.1. The zero-order valence-corrected chi connectivity index (χ0v) is 14.7. The summed E-state index contributed by atoms with van der Waals surface area (Å²) in [6, 6.07) is 6.11. The quantitative estimate of drug-likeness (QED) is 0.819. The van der Waals surface area contributed by atoms with E-state index >= 15 is 0 Å². The van der Waals surface area contributed by atoms with Crippen molar-refractivity contribution in [2.75, 3.05) is 31.6 Å². The average molecular weight is 373 g/mol. The first-order valence-electron chi connectivity index (χ1n) is 8.29. The van der Waals surface area contributed by atoms with E-state index in [0.29, 0.717) is 5.91 Å². The number of carboxylic acid groups (broad SMARTS) is 1. The highest BCUT2D eigenvalue weighted by atomic mass is 19.4. The van der Waals surface area contributed by atoms with Crippen molar-refractivity contribution in [1.29, 1.82) is 0 Å². The number of carbonyl (C=O) groups is 2. The molecule has 2 aliphatic rings. The molecule has 2 fully saturated rings. The molecule has 6 nitrogen and oxygen atoms in total. The molecule has 1 N–H and O–H groups in total. The normalized spacial score (nSPS) is 23.0. The van der Waals surface area contributed by atoms with Gasteiger partial charge in [-0.1, -0.05) is 6.07 Å². The predicted octanol–water partition coefficient (Wildman–Crippen LogP) is 2.47. The Hall–Kier alpha value is -2.32.